The fourth-order valence-corrected chi connectivity index (χ4v) is 2.15. The van der Waals surface area contributed by atoms with E-state index in [1.807, 2.05) is 56.4 Å². The summed E-state index contributed by atoms with van der Waals surface area (Å²) in [5.41, 5.74) is 4.25. The van der Waals surface area contributed by atoms with Gasteiger partial charge in [0.25, 0.3) is 0 Å². The normalized spacial score (nSPS) is 10.3. The SMILES string of the molecule is COc1cccc(N(C)c2ccc(CO)cc2C)c1. The van der Waals surface area contributed by atoms with Gasteiger partial charge in [0.15, 0.2) is 0 Å². The van der Waals surface area contributed by atoms with Gasteiger partial charge in [-0.25, -0.2) is 0 Å². The first-order valence-corrected chi connectivity index (χ1v) is 6.24. The number of methoxy groups -OCH3 is 1. The number of anilines is 2. The second-order valence-electron chi connectivity index (χ2n) is 4.54. The zero-order chi connectivity index (χ0) is 13.8. The van der Waals surface area contributed by atoms with Crippen LogP contribution in [0.2, 0.25) is 0 Å². The predicted octanol–water partition coefficient (Wildman–Crippen LogP) is 3.26. The van der Waals surface area contributed by atoms with Gasteiger partial charge in [-0.1, -0.05) is 18.2 Å². The number of aryl methyl sites for hydroxylation is 1. The molecule has 0 aliphatic heterocycles. The van der Waals surface area contributed by atoms with E-state index in [2.05, 4.69) is 4.90 Å². The highest BCUT2D eigenvalue weighted by Crippen LogP contribution is 2.29. The third-order valence-electron chi connectivity index (χ3n) is 3.25. The lowest BCUT2D eigenvalue weighted by Gasteiger charge is -2.22. The van der Waals surface area contributed by atoms with Crippen molar-refractivity contribution in [1.29, 1.82) is 0 Å². The van der Waals surface area contributed by atoms with Gasteiger partial charge in [0.1, 0.15) is 5.75 Å². The summed E-state index contributed by atoms with van der Waals surface area (Å²) in [5, 5.41) is 9.15. The van der Waals surface area contributed by atoms with Crippen LogP contribution in [0.5, 0.6) is 5.75 Å². The third-order valence-corrected chi connectivity index (χ3v) is 3.25. The van der Waals surface area contributed by atoms with Crippen LogP contribution in [0.25, 0.3) is 0 Å². The lowest BCUT2D eigenvalue weighted by atomic mass is 10.1. The van der Waals surface area contributed by atoms with Crippen molar-refractivity contribution in [3.63, 3.8) is 0 Å². The largest absolute Gasteiger partial charge is 0.497 e. The van der Waals surface area contributed by atoms with Crippen molar-refractivity contribution in [2.24, 2.45) is 0 Å². The van der Waals surface area contributed by atoms with Crippen LogP contribution in [0.15, 0.2) is 42.5 Å². The minimum absolute atomic E-state index is 0.0734. The van der Waals surface area contributed by atoms with Crippen LogP contribution < -0.4 is 9.64 Å². The Balaban J connectivity index is 2.35. The Labute approximate surface area is 114 Å². The van der Waals surface area contributed by atoms with E-state index in [1.165, 1.54) is 0 Å². The van der Waals surface area contributed by atoms with E-state index in [-0.39, 0.29) is 6.61 Å². The molecule has 0 heterocycles. The third kappa shape index (κ3) is 2.88. The highest BCUT2D eigenvalue weighted by Gasteiger charge is 2.08. The lowest BCUT2D eigenvalue weighted by molar-refractivity contribution is 0.282. The average molecular weight is 257 g/mol. The first kappa shape index (κ1) is 13.4. The molecule has 0 radical (unpaired) electrons. The molecular formula is C16H19NO2. The monoisotopic (exact) mass is 257 g/mol. The van der Waals surface area contributed by atoms with Gasteiger partial charge < -0.3 is 14.7 Å². The molecule has 0 unspecified atom stereocenters. The Morgan fingerprint density at radius 2 is 1.95 bits per heavy atom. The van der Waals surface area contributed by atoms with Gasteiger partial charge in [-0.05, 0) is 36.2 Å². The van der Waals surface area contributed by atoms with E-state index in [0.29, 0.717) is 0 Å². The second-order valence-corrected chi connectivity index (χ2v) is 4.54. The van der Waals surface area contributed by atoms with Crippen LogP contribution in [0.1, 0.15) is 11.1 Å². The fraction of sp³-hybridized carbons (Fsp3) is 0.250. The molecule has 100 valence electrons. The van der Waals surface area contributed by atoms with Crippen molar-refractivity contribution < 1.29 is 9.84 Å². The summed E-state index contributed by atoms with van der Waals surface area (Å²) in [7, 11) is 3.69. The number of aliphatic hydroxyl groups is 1. The first-order chi connectivity index (χ1) is 9.15. The molecule has 0 aliphatic carbocycles. The van der Waals surface area contributed by atoms with Crippen LogP contribution in [0, 0.1) is 6.92 Å². The summed E-state index contributed by atoms with van der Waals surface area (Å²) in [5.74, 6) is 0.842. The number of hydrogen-bond donors (Lipinski definition) is 1. The van der Waals surface area contributed by atoms with Crippen molar-refractivity contribution in [1.82, 2.24) is 0 Å². The number of hydrogen-bond acceptors (Lipinski definition) is 3. The standard InChI is InChI=1S/C16H19NO2/c1-12-9-13(11-18)7-8-16(12)17(2)14-5-4-6-15(10-14)19-3/h4-10,18H,11H2,1-3H3. The molecule has 0 bridgehead atoms. The maximum absolute atomic E-state index is 9.15. The van der Waals surface area contributed by atoms with Crippen LogP contribution >= 0.6 is 0 Å². The van der Waals surface area contributed by atoms with Gasteiger partial charge in [-0.15, -0.1) is 0 Å². The van der Waals surface area contributed by atoms with E-state index in [9.17, 15) is 0 Å². The minimum Gasteiger partial charge on any atom is -0.497 e. The van der Waals surface area contributed by atoms with Gasteiger partial charge in [0.05, 0.1) is 13.7 Å². The highest BCUT2D eigenvalue weighted by molar-refractivity contribution is 5.67. The molecule has 3 heteroatoms. The summed E-state index contributed by atoms with van der Waals surface area (Å²) in [4.78, 5) is 2.11. The van der Waals surface area contributed by atoms with Gasteiger partial charge in [-0.3, -0.25) is 0 Å². The summed E-state index contributed by atoms with van der Waals surface area (Å²) < 4.78 is 5.25. The van der Waals surface area contributed by atoms with E-state index < -0.39 is 0 Å². The molecule has 0 saturated carbocycles. The fourth-order valence-electron chi connectivity index (χ4n) is 2.15. The molecule has 19 heavy (non-hydrogen) atoms. The number of rotatable bonds is 4. The molecule has 2 aromatic carbocycles. The van der Waals surface area contributed by atoms with Crippen molar-refractivity contribution in [2.75, 3.05) is 19.1 Å². The van der Waals surface area contributed by atoms with E-state index in [1.54, 1.807) is 7.11 Å². The minimum atomic E-state index is 0.0734. The summed E-state index contributed by atoms with van der Waals surface area (Å²) in [6.07, 6.45) is 0. The quantitative estimate of drug-likeness (QED) is 0.912. The second kappa shape index (κ2) is 5.76. The van der Waals surface area contributed by atoms with Crippen LogP contribution in [-0.2, 0) is 6.61 Å². The van der Waals surface area contributed by atoms with Gasteiger partial charge in [0.2, 0.25) is 0 Å². The smallest absolute Gasteiger partial charge is 0.120 e. The van der Waals surface area contributed by atoms with Crippen molar-refractivity contribution in [3.8, 4) is 5.75 Å². The van der Waals surface area contributed by atoms with Crippen LogP contribution in [0.3, 0.4) is 0 Å². The summed E-state index contributed by atoms with van der Waals surface area (Å²) in [6, 6.07) is 13.9. The number of aliphatic hydroxyl groups excluding tert-OH is 1. The Morgan fingerprint density at radius 3 is 2.58 bits per heavy atom. The number of nitrogens with zero attached hydrogens (tertiary/aromatic N) is 1. The Morgan fingerprint density at radius 1 is 1.16 bits per heavy atom. The van der Waals surface area contributed by atoms with Crippen LogP contribution in [0.4, 0.5) is 11.4 Å². The Kier molecular flexibility index (Phi) is 4.07. The molecule has 0 amide bonds. The summed E-state index contributed by atoms with van der Waals surface area (Å²) >= 11 is 0. The molecule has 0 spiro atoms. The average Bonchev–Trinajstić information content (AvgIpc) is 2.46. The molecule has 0 fully saturated rings. The molecule has 0 aromatic heterocycles. The molecule has 3 nitrogen and oxygen atoms in total. The zero-order valence-electron chi connectivity index (χ0n) is 11.6. The number of benzene rings is 2. The lowest BCUT2D eigenvalue weighted by Crippen LogP contribution is -2.11. The van der Waals surface area contributed by atoms with Gasteiger partial charge >= 0.3 is 0 Å². The molecule has 0 saturated heterocycles. The van der Waals surface area contributed by atoms with Gasteiger partial charge in [-0.2, -0.15) is 0 Å². The number of ether oxygens (including phenoxy) is 1. The molecule has 2 rings (SSSR count). The molecule has 0 aliphatic rings. The van der Waals surface area contributed by atoms with Gasteiger partial charge in [0, 0.05) is 24.5 Å². The Hall–Kier alpha value is -2.00. The first-order valence-electron chi connectivity index (χ1n) is 6.24. The Bertz CT molecular complexity index is 566. The molecular weight excluding hydrogens is 238 g/mol. The zero-order valence-corrected chi connectivity index (χ0v) is 11.6. The topological polar surface area (TPSA) is 32.7 Å². The van der Waals surface area contributed by atoms with E-state index in [0.717, 1.165) is 28.3 Å². The molecule has 2 aromatic rings. The van der Waals surface area contributed by atoms with E-state index >= 15 is 0 Å². The molecule has 0 atom stereocenters. The predicted molar refractivity (Wildman–Crippen MR) is 78.2 cm³/mol. The van der Waals surface area contributed by atoms with Crippen LogP contribution in [-0.4, -0.2) is 19.3 Å². The van der Waals surface area contributed by atoms with E-state index in [4.69, 9.17) is 9.84 Å². The maximum Gasteiger partial charge on any atom is 0.120 e. The van der Waals surface area contributed by atoms with Crippen molar-refractivity contribution in [3.05, 3.63) is 53.6 Å². The van der Waals surface area contributed by atoms with Crippen molar-refractivity contribution in [2.45, 2.75) is 13.5 Å². The highest BCUT2D eigenvalue weighted by atomic mass is 16.5. The summed E-state index contributed by atoms with van der Waals surface area (Å²) in [6.45, 7) is 2.12. The molecule has 1 N–H and O–H groups in total. The maximum atomic E-state index is 9.15. The van der Waals surface area contributed by atoms with Crippen molar-refractivity contribution >= 4 is 11.4 Å².